The van der Waals surface area contributed by atoms with Gasteiger partial charge < -0.3 is 20.7 Å². The number of ether oxygens (including phenoxy) is 1. The molecule has 0 aliphatic carbocycles. The lowest BCUT2D eigenvalue weighted by atomic mass is 10.1. The number of carbonyl (C=O) groups is 1. The summed E-state index contributed by atoms with van der Waals surface area (Å²) < 4.78 is 5.64. The Kier molecular flexibility index (Phi) is 4.96. The van der Waals surface area contributed by atoms with Gasteiger partial charge in [-0.3, -0.25) is 4.79 Å². The van der Waals surface area contributed by atoms with Crippen LogP contribution in [0.15, 0.2) is 54.6 Å². The Labute approximate surface area is 146 Å². The molecule has 0 saturated heterocycles. The zero-order chi connectivity index (χ0) is 16.9. The van der Waals surface area contributed by atoms with Crippen molar-refractivity contribution in [2.24, 2.45) is 5.73 Å². The van der Waals surface area contributed by atoms with E-state index in [0.717, 1.165) is 12.1 Å². The first-order valence-electron chi connectivity index (χ1n) is 7.79. The van der Waals surface area contributed by atoms with Gasteiger partial charge in [-0.1, -0.05) is 42.5 Å². The number of nitrogens with zero attached hydrogens (tertiary/aromatic N) is 1. The predicted molar refractivity (Wildman–Crippen MR) is 98.1 cm³/mol. The SMILES string of the molecule is NC(=O)[C@@H]1CN(C(=S)NCCc2ccccc2)c2ccccc2O1. The molecule has 0 fully saturated rings. The number of carbonyl (C=O) groups excluding carboxylic acids is 1. The number of rotatable bonds is 4. The van der Waals surface area contributed by atoms with Crippen LogP contribution in [0.3, 0.4) is 0 Å². The quantitative estimate of drug-likeness (QED) is 0.831. The molecule has 24 heavy (non-hydrogen) atoms. The van der Waals surface area contributed by atoms with Crippen LogP contribution in [0, 0.1) is 0 Å². The molecule has 5 nitrogen and oxygen atoms in total. The third-order valence-electron chi connectivity index (χ3n) is 3.87. The van der Waals surface area contributed by atoms with Gasteiger partial charge in [-0.25, -0.2) is 0 Å². The fourth-order valence-electron chi connectivity index (χ4n) is 2.63. The van der Waals surface area contributed by atoms with Crippen molar-refractivity contribution in [3.05, 3.63) is 60.2 Å². The molecule has 6 heteroatoms. The van der Waals surface area contributed by atoms with E-state index in [1.165, 1.54) is 5.56 Å². The van der Waals surface area contributed by atoms with Gasteiger partial charge in [0.15, 0.2) is 11.2 Å². The Balaban J connectivity index is 1.68. The van der Waals surface area contributed by atoms with Crippen molar-refractivity contribution in [1.29, 1.82) is 0 Å². The molecule has 1 amide bonds. The minimum Gasteiger partial charge on any atom is -0.477 e. The summed E-state index contributed by atoms with van der Waals surface area (Å²) in [5.74, 6) is 0.112. The first kappa shape index (κ1) is 16.3. The Bertz CT molecular complexity index is 736. The van der Waals surface area contributed by atoms with Gasteiger partial charge in [0.1, 0.15) is 5.75 Å². The number of para-hydroxylation sites is 2. The first-order valence-corrected chi connectivity index (χ1v) is 8.20. The summed E-state index contributed by atoms with van der Waals surface area (Å²) in [6.07, 6.45) is 0.153. The molecule has 0 saturated carbocycles. The van der Waals surface area contributed by atoms with Gasteiger partial charge in [-0.15, -0.1) is 0 Å². The number of nitrogens with one attached hydrogen (secondary N) is 1. The Morgan fingerprint density at radius 3 is 2.67 bits per heavy atom. The summed E-state index contributed by atoms with van der Waals surface area (Å²) in [7, 11) is 0. The summed E-state index contributed by atoms with van der Waals surface area (Å²) in [6.45, 7) is 1.02. The normalized spacial score (nSPS) is 16.0. The topological polar surface area (TPSA) is 67.6 Å². The van der Waals surface area contributed by atoms with E-state index < -0.39 is 12.0 Å². The van der Waals surface area contributed by atoms with Crippen LogP contribution >= 0.6 is 12.2 Å². The maximum absolute atomic E-state index is 11.5. The molecule has 1 heterocycles. The molecule has 2 aromatic rings. The minimum absolute atomic E-state index is 0.309. The molecule has 0 unspecified atom stereocenters. The van der Waals surface area contributed by atoms with Gasteiger partial charge in [0.25, 0.3) is 5.91 Å². The van der Waals surface area contributed by atoms with Gasteiger partial charge in [-0.2, -0.15) is 0 Å². The van der Waals surface area contributed by atoms with Crippen LogP contribution in [-0.4, -0.2) is 30.2 Å². The van der Waals surface area contributed by atoms with Crippen molar-refractivity contribution < 1.29 is 9.53 Å². The zero-order valence-corrected chi connectivity index (χ0v) is 14.0. The third-order valence-corrected chi connectivity index (χ3v) is 4.23. The van der Waals surface area contributed by atoms with E-state index in [4.69, 9.17) is 22.7 Å². The molecule has 0 spiro atoms. The fraction of sp³-hybridized carbons (Fsp3) is 0.222. The second-order valence-electron chi connectivity index (χ2n) is 5.55. The monoisotopic (exact) mass is 341 g/mol. The molecular formula is C18H19N3O2S. The van der Waals surface area contributed by atoms with E-state index in [-0.39, 0.29) is 0 Å². The lowest BCUT2D eigenvalue weighted by Crippen LogP contribution is -2.52. The van der Waals surface area contributed by atoms with Gasteiger partial charge >= 0.3 is 0 Å². The second-order valence-corrected chi connectivity index (χ2v) is 5.94. The molecule has 0 aromatic heterocycles. The van der Waals surface area contributed by atoms with E-state index in [1.807, 2.05) is 47.4 Å². The number of amides is 1. The number of primary amides is 1. The molecule has 124 valence electrons. The first-order chi connectivity index (χ1) is 11.6. The van der Waals surface area contributed by atoms with Crippen LogP contribution in [0.4, 0.5) is 5.69 Å². The average molecular weight is 341 g/mol. The van der Waals surface area contributed by atoms with E-state index in [1.54, 1.807) is 0 Å². The van der Waals surface area contributed by atoms with Crippen molar-refractivity contribution in [3.8, 4) is 5.75 Å². The molecule has 0 radical (unpaired) electrons. The van der Waals surface area contributed by atoms with Crippen LogP contribution in [-0.2, 0) is 11.2 Å². The summed E-state index contributed by atoms with van der Waals surface area (Å²) in [4.78, 5) is 13.4. The average Bonchev–Trinajstić information content (AvgIpc) is 2.61. The van der Waals surface area contributed by atoms with E-state index in [9.17, 15) is 4.79 Å². The maximum Gasteiger partial charge on any atom is 0.260 e. The van der Waals surface area contributed by atoms with E-state index in [0.29, 0.717) is 24.0 Å². The highest BCUT2D eigenvalue weighted by Crippen LogP contribution is 2.33. The molecule has 1 aliphatic rings. The van der Waals surface area contributed by atoms with Crippen molar-refractivity contribution in [2.75, 3.05) is 18.0 Å². The van der Waals surface area contributed by atoms with Crippen molar-refractivity contribution in [3.63, 3.8) is 0 Å². The smallest absolute Gasteiger partial charge is 0.260 e. The number of hydrogen-bond donors (Lipinski definition) is 2. The molecule has 0 bridgehead atoms. The molecule has 1 aliphatic heterocycles. The van der Waals surface area contributed by atoms with Crippen molar-refractivity contribution in [2.45, 2.75) is 12.5 Å². The molecule has 1 atom stereocenters. The molecule has 2 aromatic carbocycles. The van der Waals surface area contributed by atoms with Gasteiger partial charge in [0.05, 0.1) is 12.2 Å². The Morgan fingerprint density at radius 2 is 1.92 bits per heavy atom. The largest absolute Gasteiger partial charge is 0.477 e. The van der Waals surface area contributed by atoms with Gasteiger partial charge in [0.2, 0.25) is 0 Å². The number of benzene rings is 2. The lowest BCUT2D eigenvalue weighted by Gasteiger charge is -2.35. The molecular weight excluding hydrogens is 322 g/mol. The highest BCUT2D eigenvalue weighted by Gasteiger charge is 2.30. The summed E-state index contributed by atoms with van der Waals surface area (Å²) >= 11 is 5.51. The van der Waals surface area contributed by atoms with E-state index >= 15 is 0 Å². The highest BCUT2D eigenvalue weighted by atomic mass is 32.1. The number of fused-ring (bicyclic) bond motifs is 1. The number of anilines is 1. The Hall–Kier alpha value is -2.60. The lowest BCUT2D eigenvalue weighted by molar-refractivity contribution is -0.124. The van der Waals surface area contributed by atoms with Crippen molar-refractivity contribution in [1.82, 2.24) is 5.32 Å². The van der Waals surface area contributed by atoms with Crippen LogP contribution < -0.4 is 20.7 Å². The third kappa shape index (κ3) is 3.65. The fourth-order valence-corrected chi connectivity index (χ4v) is 2.90. The van der Waals surface area contributed by atoms with Crippen LogP contribution in [0.2, 0.25) is 0 Å². The number of thiocarbonyl (C=S) groups is 1. The zero-order valence-electron chi connectivity index (χ0n) is 13.1. The number of nitrogens with two attached hydrogens (primary N) is 1. The summed E-state index contributed by atoms with van der Waals surface area (Å²) in [5, 5.41) is 3.81. The van der Waals surface area contributed by atoms with Crippen LogP contribution in [0.1, 0.15) is 5.56 Å². The number of hydrogen-bond acceptors (Lipinski definition) is 3. The molecule has 3 rings (SSSR count). The van der Waals surface area contributed by atoms with Crippen LogP contribution in [0.5, 0.6) is 5.75 Å². The molecule has 3 N–H and O–H groups in total. The van der Waals surface area contributed by atoms with E-state index in [2.05, 4.69) is 17.4 Å². The second kappa shape index (κ2) is 7.31. The van der Waals surface area contributed by atoms with Gasteiger partial charge in [-0.05, 0) is 36.3 Å². The minimum atomic E-state index is -0.714. The Morgan fingerprint density at radius 1 is 1.21 bits per heavy atom. The summed E-state index contributed by atoms with van der Waals surface area (Å²) in [5.41, 5.74) is 7.49. The maximum atomic E-state index is 11.5. The predicted octanol–water partition coefficient (Wildman–Crippen LogP) is 1.86. The van der Waals surface area contributed by atoms with Crippen molar-refractivity contribution >= 4 is 28.9 Å². The van der Waals surface area contributed by atoms with Gasteiger partial charge in [0, 0.05) is 6.54 Å². The summed E-state index contributed by atoms with van der Waals surface area (Å²) in [6, 6.07) is 17.7. The highest BCUT2D eigenvalue weighted by molar-refractivity contribution is 7.80. The van der Waals surface area contributed by atoms with Crippen LogP contribution in [0.25, 0.3) is 0 Å². The standard InChI is InChI=1S/C18H19N3O2S/c19-17(22)16-12-21(14-8-4-5-9-15(14)23-16)18(24)20-11-10-13-6-2-1-3-7-13/h1-9,16H,10-12H2,(H2,19,22)(H,20,24)/t16-/m0/s1.